The number of piperidine rings is 1. The molecule has 1 aromatic carbocycles. The summed E-state index contributed by atoms with van der Waals surface area (Å²) in [5.41, 5.74) is 1.34. The maximum atomic E-state index is 13.4. The lowest BCUT2D eigenvalue weighted by atomic mass is 9.47. The molecule has 0 spiro atoms. The number of carbonyl (C=O) groups excluding carboxylic acids is 2. The fourth-order valence-electron chi connectivity index (χ4n) is 8.44. The van der Waals surface area contributed by atoms with E-state index in [9.17, 15) is 9.59 Å². The van der Waals surface area contributed by atoms with E-state index in [-0.39, 0.29) is 23.3 Å². The van der Waals surface area contributed by atoms with Gasteiger partial charge in [-0.25, -0.2) is 0 Å². The molecule has 0 aromatic heterocycles. The Morgan fingerprint density at radius 1 is 1.06 bits per heavy atom. The Balaban J connectivity index is 1.44. The van der Waals surface area contributed by atoms with Crippen LogP contribution in [0.4, 0.5) is 5.69 Å². The van der Waals surface area contributed by atoms with Gasteiger partial charge >= 0.3 is 0 Å². The quantitative estimate of drug-likeness (QED) is 0.654. The van der Waals surface area contributed by atoms with E-state index < -0.39 is 5.92 Å². The van der Waals surface area contributed by atoms with Crippen molar-refractivity contribution < 1.29 is 9.59 Å². The highest BCUT2D eigenvalue weighted by atomic mass is 16.2. The van der Waals surface area contributed by atoms with Gasteiger partial charge in [0.1, 0.15) is 5.92 Å². The lowest BCUT2D eigenvalue weighted by Gasteiger charge is -2.62. The number of benzene rings is 1. The van der Waals surface area contributed by atoms with Crippen molar-refractivity contribution in [3.05, 3.63) is 30.3 Å². The first kappa shape index (κ1) is 21.0. The van der Waals surface area contributed by atoms with Crippen molar-refractivity contribution >= 4 is 17.5 Å². The average molecular weight is 423 g/mol. The number of nitrogens with one attached hydrogen (secondary N) is 1. The summed E-state index contributed by atoms with van der Waals surface area (Å²) < 4.78 is 0. The third-order valence-electron chi connectivity index (χ3n) is 9.90. The summed E-state index contributed by atoms with van der Waals surface area (Å²) in [7, 11) is 0. The standard InChI is InChI=1S/C27H38N2O2/c1-4-29-23-13-12-19-21-11-8-15-26(21,2)16-14-22(19)27(23,3)17-20(25(29)31)24(30)28-18-9-6-5-7-10-18/h5-7,9-10,19-23H,4,8,11-17H2,1-3H3,(H,28,30)/t19-,20?,21-,22+,23?,26-,27+/m0/s1. The number of para-hydroxylation sites is 1. The van der Waals surface area contributed by atoms with Gasteiger partial charge in [-0.1, -0.05) is 38.5 Å². The van der Waals surface area contributed by atoms with Gasteiger partial charge in [0.2, 0.25) is 11.8 Å². The Hall–Kier alpha value is -1.84. The molecule has 4 heteroatoms. The number of likely N-dealkylation sites (tertiary alicyclic amines) is 1. The Morgan fingerprint density at radius 3 is 2.58 bits per heavy atom. The zero-order chi connectivity index (χ0) is 21.8. The molecule has 1 N–H and O–H groups in total. The molecule has 4 aliphatic rings. The summed E-state index contributed by atoms with van der Waals surface area (Å²) in [5.74, 6) is 1.59. The monoisotopic (exact) mass is 422 g/mol. The smallest absolute Gasteiger partial charge is 0.236 e. The van der Waals surface area contributed by atoms with Crippen LogP contribution in [0, 0.1) is 34.5 Å². The normalized spacial score (nSPS) is 41.8. The number of rotatable bonds is 3. The number of amides is 2. The molecule has 0 bridgehead atoms. The van der Waals surface area contributed by atoms with Crippen molar-refractivity contribution in [3.63, 3.8) is 0 Å². The number of hydrogen-bond donors (Lipinski definition) is 1. The molecule has 1 aromatic rings. The van der Waals surface area contributed by atoms with E-state index in [4.69, 9.17) is 0 Å². The summed E-state index contributed by atoms with van der Waals surface area (Å²) in [6, 6.07) is 9.85. The summed E-state index contributed by atoms with van der Waals surface area (Å²) in [6.45, 7) is 7.74. The predicted octanol–water partition coefficient (Wildman–Crippen LogP) is 5.49. The molecule has 168 valence electrons. The minimum atomic E-state index is -0.572. The lowest BCUT2D eigenvalue weighted by molar-refractivity contribution is -0.170. The highest BCUT2D eigenvalue weighted by molar-refractivity contribution is 6.07. The first-order valence-electron chi connectivity index (χ1n) is 12.5. The summed E-state index contributed by atoms with van der Waals surface area (Å²) in [4.78, 5) is 28.8. The van der Waals surface area contributed by atoms with Gasteiger partial charge in [0, 0.05) is 18.3 Å². The first-order chi connectivity index (χ1) is 14.9. The molecular weight excluding hydrogens is 384 g/mol. The molecule has 0 radical (unpaired) electrons. The van der Waals surface area contributed by atoms with Gasteiger partial charge in [-0.2, -0.15) is 0 Å². The lowest BCUT2D eigenvalue weighted by Crippen LogP contribution is -2.65. The fourth-order valence-corrected chi connectivity index (χ4v) is 8.44. The van der Waals surface area contributed by atoms with Crippen molar-refractivity contribution in [1.29, 1.82) is 0 Å². The molecule has 31 heavy (non-hydrogen) atoms. The molecule has 2 amide bonds. The molecule has 3 saturated carbocycles. The van der Waals surface area contributed by atoms with E-state index >= 15 is 0 Å². The van der Waals surface area contributed by atoms with Gasteiger partial charge in [0.25, 0.3) is 0 Å². The van der Waals surface area contributed by atoms with Crippen LogP contribution in [0.1, 0.15) is 72.1 Å². The SMILES string of the molecule is CCN1C(=O)C(C(=O)Nc2ccccc2)C[C@@]2(C)C1CC[C@@H]1[C@H]2CC[C@]2(C)CCC[C@@H]12. The Bertz CT molecular complexity index is 854. The molecule has 5 rings (SSSR count). The van der Waals surface area contributed by atoms with E-state index in [2.05, 4.69) is 31.0 Å². The van der Waals surface area contributed by atoms with Gasteiger partial charge in [-0.15, -0.1) is 0 Å². The Labute approximate surface area is 187 Å². The summed E-state index contributed by atoms with van der Waals surface area (Å²) in [6.07, 6.45) is 9.82. The molecule has 3 aliphatic carbocycles. The van der Waals surface area contributed by atoms with E-state index in [0.29, 0.717) is 24.3 Å². The van der Waals surface area contributed by atoms with Crippen LogP contribution >= 0.6 is 0 Å². The van der Waals surface area contributed by atoms with Crippen LogP contribution in [0.15, 0.2) is 30.3 Å². The molecule has 1 saturated heterocycles. The van der Waals surface area contributed by atoms with Crippen LogP contribution < -0.4 is 5.32 Å². The van der Waals surface area contributed by atoms with Gasteiger partial charge in [-0.3, -0.25) is 9.59 Å². The third-order valence-corrected chi connectivity index (χ3v) is 9.90. The number of carbonyl (C=O) groups is 2. The largest absolute Gasteiger partial charge is 0.339 e. The van der Waals surface area contributed by atoms with Crippen molar-refractivity contribution in [2.45, 2.75) is 78.2 Å². The first-order valence-corrected chi connectivity index (χ1v) is 12.5. The van der Waals surface area contributed by atoms with Gasteiger partial charge < -0.3 is 10.2 Å². The van der Waals surface area contributed by atoms with E-state index in [1.165, 1.54) is 38.5 Å². The highest BCUT2D eigenvalue weighted by Crippen LogP contribution is 2.65. The van der Waals surface area contributed by atoms with Gasteiger partial charge in [-0.05, 0) is 92.6 Å². The molecular formula is C27H38N2O2. The van der Waals surface area contributed by atoms with E-state index in [1.54, 1.807) is 0 Å². The molecule has 1 aliphatic heterocycles. The van der Waals surface area contributed by atoms with Crippen LogP contribution in [0.3, 0.4) is 0 Å². The van der Waals surface area contributed by atoms with Gasteiger partial charge in [0.05, 0.1) is 0 Å². The minimum absolute atomic E-state index is 0.0372. The number of fused-ring (bicyclic) bond motifs is 5. The topological polar surface area (TPSA) is 49.4 Å². The van der Waals surface area contributed by atoms with Crippen LogP contribution in [-0.2, 0) is 9.59 Å². The molecule has 2 unspecified atom stereocenters. The second-order valence-corrected chi connectivity index (χ2v) is 11.3. The zero-order valence-electron chi connectivity index (χ0n) is 19.4. The van der Waals surface area contributed by atoms with Crippen molar-refractivity contribution in [2.75, 3.05) is 11.9 Å². The predicted molar refractivity (Wildman–Crippen MR) is 123 cm³/mol. The van der Waals surface area contributed by atoms with E-state index in [0.717, 1.165) is 23.9 Å². The number of hydrogen-bond acceptors (Lipinski definition) is 2. The van der Waals surface area contributed by atoms with Crippen molar-refractivity contribution in [3.8, 4) is 0 Å². The summed E-state index contributed by atoms with van der Waals surface area (Å²) in [5, 5.41) is 3.03. The van der Waals surface area contributed by atoms with Gasteiger partial charge in [0.15, 0.2) is 0 Å². The highest BCUT2D eigenvalue weighted by Gasteiger charge is 2.61. The Morgan fingerprint density at radius 2 is 1.84 bits per heavy atom. The summed E-state index contributed by atoms with van der Waals surface area (Å²) >= 11 is 0. The molecule has 7 atom stereocenters. The third kappa shape index (κ3) is 3.24. The van der Waals surface area contributed by atoms with Crippen LogP contribution in [0.5, 0.6) is 0 Å². The van der Waals surface area contributed by atoms with Crippen molar-refractivity contribution in [1.82, 2.24) is 4.90 Å². The van der Waals surface area contributed by atoms with Crippen LogP contribution in [-0.4, -0.2) is 29.3 Å². The van der Waals surface area contributed by atoms with E-state index in [1.807, 2.05) is 30.3 Å². The Kier molecular flexibility index (Phi) is 5.18. The minimum Gasteiger partial charge on any atom is -0.339 e. The molecule has 4 nitrogen and oxygen atoms in total. The maximum absolute atomic E-state index is 13.4. The maximum Gasteiger partial charge on any atom is 0.236 e. The number of nitrogens with zero attached hydrogens (tertiary/aromatic N) is 1. The second-order valence-electron chi connectivity index (χ2n) is 11.3. The number of anilines is 1. The average Bonchev–Trinajstić information content (AvgIpc) is 3.16. The fraction of sp³-hybridized carbons (Fsp3) is 0.704. The van der Waals surface area contributed by atoms with Crippen LogP contribution in [0.25, 0.3) is 0 Å². The zero-order valence-corrected chi connectivity index (χ0v) is 19.4. The molecule has 1 heterocycles. The second kappa shape index (κ2) is 7.64. The van der Waals surface area contributed by atoms with Crippen molar-refractivity contribution in [2.24, 2.45) is 34.5 Å². The molecule has 4 fully saturated rings. The van der Waals surface area contributed by atoms with Crippen LogP contribution in [0.2, 0.25) is 0 Å².